The third-order valence-electron chi connectivity index (χ3n) is 0.845. The van der Waals surface area contributed by atoms with Gasteiger partial charge in [-0.2, -0.15) is 0 Å². The number of rotatable bonds is 6. The van der Waals surface area contributed by atoms with Crippen molar-refractivity contribution in [3.8, 4) is 0 Å². The molecule has 4 N–H and O–H groups in total. The lowest BCUT2D eigenvalue weighted by atomic mass is 10.5. The van der Waals surface area contributed by atoms with Gasteiger partial charge in [0.05, 0.1) is 13.2 Å². The smallest absolute Gasteiger partial charge is 0.0697 e. The fourth-order valence-electron chi connectivity index (χ4n) is 0.443. The summed E-state index contributed by atoms with van der Waals surface area (Å²) >= 11 is 0. The van der Waals surface area contributed by atoms with Crippen LogP contribution >= 0.6 is 0 Å². The van der Waals surface area contributed by atoms with Crippen LogP contribution in [0.15, 0.2) is 0 Å². The zero-order valence-electron chi connectivity index (χ0n) is 5.47. The van der Waals surface area contributed by atoms with Crippen LogP contribution in [0.4, 0.5) is 0 Å². The molecule has 0 heterocycles. The van der Waals surface area contributed by atoms with Gasteiger partial charge in [0.1, 0.15) is 0 Å². The summed E-state index contributed by atoms with van der Waals surface area (Å²) in [7, 11) is 0. The van der Waals surface area contributed by atoms with Crippen LogP contribution in [0.2, 0.25) is 0 Å². The molecule has 0 rings (SSSR count). The summed E-state index contributed by atoms with van der Waals surface area (Å²) in [6, 6.07) is 0. The fourth-order valence-corrected chi connectivity index (χ4v) is 0.443. The maximum Gasteiger partial charge on any atom is 0.0697 e. The number of hydrogen-bond acceptors (Lipinski definition) is 4. The van der Waals surface area contributed by atoms with E-state index in [2.05, 4.69) is 5.43 Å². The molecule has 0 aliphatic heterocycles. The van der Waals surface area contributed by atoms with Crippen molar-refractivity contribution in [1.29, 1.82) is 0 Å². The van der Waals surface area contributed by atoms with Crippen LogP contribution in [-0.2, 0) is 4.74 Å². The first-order valence-corrected chi connectivity index (χ1v) is 3.04. The minimum absolute atomic E-state index is 0.0933. The van der Waals surface area contributed by atoms with Gasteiger partial charge in [-0.05, 0) is 6.42 Å². The van der Waals surface area contributed by atoms with Crippen LogP contribution in [0.3, 0.4) is 0 Å². The quantitative estimate of drug-likeness (QED) is 0.244. The van der Waals surface area contributed by atoms with Gasteiger partial charge in [-0.3, -0.25) is 11.3 Å². The lowest BCUT2D eigenvalue weighted by Crippen LogP contribution is -2.24. The Morgan fingerprint density at radius 1 is 1.44 bits per heavy atom. The molecule has 0 unspecified atom stereocenters. The summed E-state index contributed by atoms with van der Waals surface area (Å²) < 4.78 is 4.94. The number of ether oxygens (including phenoxy) is 1. The predicted octanol–water partition coefficient (Wildman–Crippen LogP) is -1.15. The van der Waals surface area contributed by atoms with Crippen molar-refractivity contribution >= 4 is 0 Å². The molecule has 0 spiro atoms. The van der Waals surface area contributed by atoms with E-state index in [1.165, 1.54) is 0 Å². The molecule has 0 amide bonds. The predicted molar refractivity (Wildman–Crippen MR) is 34.7 cm³/mol. The summed E-state index contributed by atoms with van der Waals surface area (Å²) in [6.45, 7) is 1.93. The van der Waals surface area contributed by atoms with E-state index >= 15 is 0 Å². The zero-order valence-corrected chi connectivity index (χ0v) is 5.47. The Kier molecular flexibility index (Phi) is 7.70. The van der Waals surface area contributed by atoms with Gasteiger partial charge in [0.25, 0.3) is 0 Å². The Bertz CT molecular complexity index is 46.2. The number of hydrogen-bond donors (Lipinski definition) is 3. The Labute approximate surface area is 55.0 Å². The molecule has 4 heteroatoms. The summed E-state index contributed by atoms with van der Waals surface area (Å²) in [4.78, 5) is 0. The molecule has 0 fully saturated rings. The highest BCUT2D eigenvalue weighted by Crippen LogP contribution is 1.77. The molecule has 0 bridgehead atoms. The van der Waals surface area contributed by atoms with Crippen molar-refractivity contribution in [2.45, 2.75) is 6.42 Å². The van der Waals surface area contributed by atoms with Crippen molar-refractivity contribution in [1.82, 2.24) is 5.43 Å². The SMILES string of the molecule is NNCCCOCCO. The highest BCUT2D eigenvalue weighted by molar-refractivity contribution is 4.37. The molecule has 4 nitrogen and oxygen atoms in total. The number of hydrazine groups is 1. The van der Waals surface area contributed by atoms with Gasteiger partial charge in [-0.1, -0.05) is 0 Å². The first kappa shape index (κ1) is 8.84. The van der Waals surface area contributed by atoms with Crippen LogP contribution in [-0.4, -0.2) is 31.5 Å². The van der Waals surface area contributed by atoms with Gasteiger partial charge >= 0.3 is 0 Å². The van der Waals surface area contributed by atoms with Crippen LogP contribution in [0.1, 0.15) is 6.42 Å². The topological polar surface area (TPSA) is 67.5 Å². The van der Waals surface area contributed by atoms with E-state index in [-0.39, 0.29) is 6.61 Å². The zero-order chi connectivity index (χ0) is 6.95. The molecule has 0 radical (unpaired) electrons. The van der Waals surface area contributed by atoms with Crippen LogP contribution in [0, 0.1) is 0 Å². The van der Waals surface area contributed by atoms with Crippen LogP contribution < -0.4 is 11.3 Å². The minimum Gasteiger partial charge on any atom is -0.394 e. The highest BCUT2D eigenvalue weighted by atomic mass is 16.5. The molecule has 9 heavy (non-hydrogen) atoms. The monoisotopic (exact) mass is 134 g/mol. The van der Waals surface area contributed by atoms with Gasteiger partial charge in [0.2, 0.25) is 0 Å². The summed E-state index contributed by atoms with van der Waals surface area (Å²) in [5.74, 6) is 4.99. The maximum atomic E-state index is 8.26. The van der Waals surface area contributed by atoms with Gasteiger partial charge in [0, 0.05) is 13.2 Å². The fraction of sp³-hybridized carbons (Fsp3) is 1.00. The standard InChI is InChI=1S/C5H14N2O2/c6-7-2-1-4-9-5-3-8/h7-8H,1-6H2. The lowest BCUT2D eigenvalue weighted by Gasteiger charge is -1.99. The van der Waals surface area contributed by atoms with Gasteiger partial charge < -0.3 is 9.84 Å². The van der Waals surface area contributed by atoms with Gasteiger partial charge in [0.15, 0.2) is 0 Å². The van der Waals surface area contributed by atoms with Crippen LogP contribution in [0.5, 0.6) is 0 Å². The average Bonchev–Trinajstić information content (AvgIpc) is 1.89. The van der Waals surface area contributed by atoms with E-state index in [1.807, 2.05) is 0 Å². The molecule has 0 aromatic carbocycles. The second-order valence-corrected chi connectivity index (χ2v) is 1.64. The van der Waals surface area contributed by atoms with E-state index in [1.54, 1.807) is 0 Å². The average molecular weight is 134 g/mol. The Balaban J connectivity index is 2.60. The van der Waals surface area contributed by atoms with Gasteiger partial charge in [-0.15, -0.1) is 0 Å². The molecule has 0 aromatic rings. The van der Waals surface area contributed by atoms with E-state index in [0.717, 1.165) is 13.0 Å². The molecule has 0 saturated heterocycles. The maximum absolute atomic E-state index is 8.26. The second-order valence-electron chi connectivity index (χ2n) is 1.64. The minimum atomic E-state index is 0.0933. The Hall–Kier alpha value is -0.160. The molecule has 0 aromatic heterocycles. The van der Waals surface area contributed by atoms with E-state index in [4.69, 9.17) is 15.7 Å². The first-order chi connectivity index (χ1) is 4.41. The number of nitrogens with two attached hydrogens (primary N) is 1. The highest BCUT2D eigenvalue weighted by Gasteiger charge is 1.84. The third-order valence-corrected chi connectivity index (χ3v) is 0.845. The van der Waals surface area contributed by atoms with Crippen molar-refractivity contribution in [3.63, 3.8) is 0 Å². The third kappa shape index (κ3) is 7.84. The van der Waals surface area contributed by atoms with Crippen LogP contribution in [0.25, 0.3) is 0 Å². The lowest BCUT2D eigenvalue weighted by molar-refractivity contribution is 0.0908. The molecular weight excluding hydrogens is 120 g/mol. The van der Waals surface area contributed by atoms with Crippen molar-refractivity contribution in [2.24, 2.45) is 5.84 Å². The molecule has 0 atom stereocenters. The second kappa shape index (κ2) is 7.84. The Morgan fingerprint density at radius 3 is 2.78 bits per heavy atom. The molecule has 56 valence electrons. The first-order valence-electron chi connectivity index (χ1n) is 3.04. The molecular formula is C5H14N2O2. The summed E-state index contributed by atoms with van der Waals surface area (Å²) in [5.41, 5.74) is 2.50. The number of nitrogens with one attached hydrogen (secondary N) is 1. The van der Waals surface area contributed by atoms with Gasteiger partial charge in [-0.25, -0.2) is 0 Å². The van der Waals surface area contributed by atoms with E-state index < -0.39 is 0 Å². The van der Waals surface area contributed by atoms with Crippen molar-refractivity contribution in [3.05, 3.63) is 0 Å². The summed E-state index contributed by atoms with van der Waals surface area (Å²) in [5, 5.41) is 8.26. The van der Waals surface area contributed by atoms with E-state index in [9.17, 15) is 0 Å². The molecule has 0 saturated carbocycles. The number of aliphatic hydroxyl groups is 1. The Morgan fingerprint density at radius 2 is 2.22 bits per heavy atom. The van der Waals surface area contributed by atoms with Crippen molar-refractivity contribution in [2.75, 3.05) is 26.4 Å². The largest absolute Gasteiger partial charge is 0.394 e. The summed E-state index contributed by atoms with van der Waals surface area (Å²) in [6.07, 6.45) is 0.885. The molecule has 0 aliphatic rings. The molecule has 0 aliphatic carbocycles. The normalized spacial score (nSPS) is 10.0. The van der Waals surface area contributed by atoms with E-state index in [0.29, 0.717) is 13.2 Å². The number of aliphatic hydroxyl groups excluding tert-OH is 1. The van der Waals surface area contributed by atoms with Crippen molar-refractivity contribution < 1.29 is 9.84 Å².